The first kappa shape index (κ1) is 26.4. The lowest BCUT2D eigenvalue weighted by Gasteiger charge is -2.37. The number of nitrogens with zero attached hydrogens (tertiary/aromatic N) is 5. The molecule has 194 valence electrons. The van der Waals surface area contributed by atoms with E-state index < -0.39 is 5.97 Å². The van der Waals surface area contributed by atoms with Gasteiger partial charge in [0.15, 0.2) is 11.0 Å². The van der Waals surface area contributed by atoms with Crippen LogP contribution in [0.5, 0.6) is 0 Å². The van der Waals surface area contributed by atoms with Gasteiger partial charge in [-0.05, 0) is 27.2 Å². The molecular formula is C22H27Cl2N7O4S. The van der Waals surface area contributed by atoms with Crippen LogP contribution in [0.3, 0.4) is 0 Å². The molecule has 3 aromatic rings. The van der Waals surface area contributed by atoms with Gasteiger partial charge in [-0.2, -0.15) is 5.10 Å². The second-order valence-corrected chi connectivity index (χ2v) is 9.87. The quantitative estimate of drug-likeness (QED) is 0.404. The molecule has 0 unspecified atom stereocenters. The standard InChI is InChI=1S/C22H27Cl2N7O4S/c1-5-31-19(25-10-26-31)16-17(21(33)35-6-2)36-22(29-16)30-8-7-12(13(9-30)34-4)27-20(32)15-14(23)11(3)18(24)28-15/h10,12-13,28H,5-9H2,1-4H3,(H,27,32)/t12-,13+/m1/s1. The van der Waals surface area contributed by atoms with Crippen LogP contribution < -0.4 is 10.2 Å². The summed E-state index contributed by atoms with van der Waals surface area (Å²) in [6, 6.07) is -0.260. The highest BCUT2D eigenvalue weighted by atomic mass is 35.5. The van der Waals surface area contributed by atoms with Crippen LogP contribution in [0.25, 0.3) is 11.5 Å². The van der Waals surface area contributed by atoms with Crippen LogP contribution >= 0.6 is 34.5 Å². The Labute approximate surface area is 222 Å². The monoisotopic (exact) mass is 555 g/mol. The molecule has 1 aliphatic rings. The fourth-order valence-corrected chi connectivity index (χ4v) is 5.50. The Kier molecular flexibility index (Phi) is 8.18. The summed E-state index contributed by atoms with van der Waals surface area (Å²) in [5.74, 6) is -0.301. The molecule has 1 amide bonds. The number of carbonyl (C=O) groups excluding carboxylic acids is 2. The normalized spacial score (nSPS) is 17.9. The van der Waals surface area contributed by atoms with Gasteiger partial charge in [0.05, 0.1) is 23.8 Å². The van der Waals surface area contributed by atoms with Gasteiger partial charge in [-0.25, -0.2) is 19.4 Å². The number of hydrogen-bond donors (Lipinski definition) is 2. The second-order valence-electron chi connectivity index (χ2n) is 8.14. The number of thiazole rings is 1. The molecule has 1 aliphatic heterocycles. The Morgan fingerprint density at radius 1 is 1.33 bits per heavy atom. The van der Waals surface area contributed by atoms with E-state index in [-0.39, 0.29) is 30.4 Å². The zero-order valence-electron chi connectivity index (χ0n) is 20.3. The van der Waals surface area contributed by atoms with Gasteiger partial charge in [0.1, 0.15) is 27.7 Å². The van der Waals surface area contributed by atoms with Crippen LogP contribution in [0.2, 0.25) is 10.2 Å². The fourth-order valence-electron chi connectivity index (χ4n) is 4.04. The number of anilines is 1. The summed E-state index contributed by atoms with van der Waals surface area (Å²) in [6.07, 6.45) is 1.70. The Balaban J connectivity index is 1.55. The summed E-state index contributed by atoms with van der Waals surface area (Å²) < 4.78 is 12.7. The number of methoxy groups -OCH3 is 1. The van der Waals surface area contributed by atoms with Gasteiger partial charge in [-0.1, -0.05) is 34.5 Å². The summed E-state index contributed by atoms with van der Waals surface area (Å²) in [7, 11) is 1.59. The highest BCUT2D eigenvalue weighted by Crippen LogP contribution is 2.35. The van der Waals surface area contributed by atoms with E-state index in [1.165, 1.54) is 17.7 Å². The third-order valence-electron chi connectivity index (χ3n) is 5.99. The summed E-state index contributed by atoms with van der Waals surface area (Å²) in [5, 5.41) is 8.47. The van der Waals surface area contributed by atoms with Gasteiger partial charge in [0.25, 0.3) is 5.91 Å². The molecule has 3 aromatic heterocycles. The molecule has 0 spiro atoms. The number of hydrogen-bond acceptors (Lipinski definition) is 9. The van der Waals surface area contributed by atoms with Gasteiger partial charge in [0.2, 0.25) is 0 Å². The molecule has 1 saturated heterocycles. The van der Waals surface area contributed by atoms with Crippen molar-refractivity contribution < 1.29 is 19.1 Å². The molecule has 14 heteroatoms. The minimum Gasteiger partial charge on any atom is -0.462 e. The first-order valence-electron chi connectivity index (χ1n) is 11.5. The lowest BCUT2D eigenvalue weighted by Crippen LogP contribution is -2.55. The molecule has 0 bridgehead atoms. The molecule has 11 nitrogen and oxygen atoms in total. The number of H-pyrrole nitrogens is 1. The summed E-state index contributed by atoms with van der Waals surface area (Å²) in [4.78, 5) is 39.9. The molecule has 0 aliphatic carbocycles. The Morgan fingerprint density at radius 3 is 2.75 bits per heavy atom. The fraction of sp³-hybridized carbons (Fsp3) is 0.500. The van der Waals surface area contributed by atoms with E-state index in [9.17, 15) is 9.59 Å². The molecule has 0 radical (unpaired) electrons. The predicted octanol–water partition coefficient (Wildman–Crippen LogP) is 3.57. The van der Waals surface area contributed by atoms with E-state index in [1.807, 2.05) is 11.8 Å². The molecule has 2 N–H and O–H groups in total. The van der Waals surface area contributed by atoms with Crippen molar-refractivity contribution in [3.8, 4) is 11.5 Å². The van der Waals surface area contributed by atoms with Gasteiger partial charge < -0.3 is 24.7 Å². The topological polar surface area (TPSA) is 127 Å². The zero-order valence-corrected chi connectivity index (χ0v) is 22.6. The van der Waals surface area contributed by atoms with Crippen molar-refractivity contribution in [2.45, 2.75) is 45.9 Å². The average molecular weight is 556 g/mol. The average Bonchev–Trinajstić information content (AvgIpc) is 3.58. The van der Waals surface area contributed by atoms with Crippen molar-refractivity contribution >= 4 is 51.5 Å². The van der Waals surface area contributed by atoms with E-state index in [2.05, 4.69) is 20.4 Å². The number of aryl methyl sites for hydroxylation is 1. The maximum Gasteiger partial charge on any atom is 0.350 e. The van der Waals surface area contributed by atoms with Crippen molar-refractivity contribution in [1.82, 2.24) is 30.0 Å². The van der Waals surface area contributed by atoms with E-state index >= 15 is 0 Å². The smallest absolute Gasteiger partial charge is 0.350 e. The number of aromatic amines is 1. The van der Waals surface area contributed by atoms with E-state index in [4.69, 9.17) is 37.7 Å². The molecule has 36 heavy (non-hydrogen) atoms. The van der Waals surface area contributed by atoms with Crippen LogP contribution in [0, 0.1) is 6.92 Å². The SMILES string of the molecule is CCOC(=O)c1sc(N2CC[C@@H](NC(=O)c3[nH]c(Cl)c(C)c3Cl)[C@@H](OC)C2)nc1-c1ncnn1CC. The maximum atomic E-state index is 12.9. The van der Waals surface area contributed by atoms with Gasteiger partial charge in [-0.15, -0.1) is 0 Å². The van der Waals surface area contributed by atoms with E-state index in [0.717, 1.165) is 0 Å². The number of ether oxygens (including phenoxy) is 2. The molecule has 4 heterocycles. The minimum absolute atomic E-state index is 0.222. The second kappa shape index (κ2) is 11.2. The number of carbonyl (C=O) groups is 2. The lowest BCUT2D eigenvalue weighted by molar-refractivity contribution is 0.0531. The van der Waals surface area contributed by atoms with Crippen molar-refractivity contribution in [3.05, 3.63) is 32.6 Å². The van der Waals surface area contributed by atoms with Crippen LogP contribution in [-0.2, 0) is 16.0 Å². The minimum atomic E-state index is -0.455. The van der Waals surface area contributed by atoms with Gasteiger partial charge in [-0.3, -0.25) is 4.79 Å². The zero-order chi connectivity index (χ0) is 26.0. The predicted molar refractivity (Wildman–Crippen MR) is 137 cm³/mol. The van der Waals surface area contributed by atoms with Crippen LogP contribution in [0.4, 0.5) is 5.13 Å². The number of piperidine rings is 1. The van der Waals surface area contributed by atoms with Crippen molar-refractivity contribution in [1.29, 1.82) is 0 Å². The number of halogens is 2. The van der Waals surface area contributed by atoms with Crippen LogP contribution in [0.15, 0.2) is 6.33 Å². The number of amides is 1. The number of nitrogens with one attached hydrogen (secondary N) is 2. The van der Waals surface area contributed by atoms with Crippen molar-refractivity contribution in [2.75, 3.05) is 31.7 Å². The van der Waals surface area contributed by atoms with Crippen molar-refractivity contribution in [3.63, 3.8) is 0 Å². The number of rotatable bonds is 8. The molecule has 2 atom stereocenters. The first-order valence-corrected chi connectivity index (χ1v) is 13.0. The summed E-state index contributed by atoms with van der Waals surface area (Å²) in [5.41, 5.74) is 1.28. The molecule has 0 aromatic carbocycles. The van der Waals surface area contributed by atoms with Crippen LogP contribution in [-0.4, -0.2) is 75.6 Å². The highest BCUT2D eigenvalue weighted by Gasteiger charge is 2.34. The Morgan fingerprint density at radius 2 is 2.11 bits per heavy atom. The molecule has 1 fully saturated rings. The maximum absolute atomic E-state index is 12.9. The molecule has 4 rings (SSSR count). The Bertz CT molecular complexity index is 1260. The van der Waals surface area contributed by atoms with Crippen LogP contribution in [0.1, 0.15) is 46.0 Å². The third kappa shape index (κ3) is 5.08. The number of esters is 1. The number of aromatic nitrogens is 5. The Hall–Kier alpha value is -2.67. The molecular weight excluding hydrogens is 529 g/mol. The molecule has 0 saturated carbocycles. The summed E-state index contributed by atoms with van der Waals surface area (Å²) >= 11 is 13.6. The van der Waals surface area contributed by atoms with Crippen molar-refractivity contribution in [2.24, 2.45) is 0 Å². The van der Waals surface area contributed by atoms with Gasteiger partial charge >= 0.3 is 5.97 Å². The lowest BCUT2D eigenvalue weighted by atomic mass is 10.0. The first-order chi connectivity index (χ1) is 17.3. The summed E-state index contributed by atoms with van der Waals surface area (Å²) in [6.45, 7) is 7.30. The van der Waals surface area contributed by atoms with E-state index in [1.54, 1.807) is 25.6 Å². The third-order valence-corrected chi connectivity index (χ3v) is 7.94. The van der Waals surface area contributed by atoms with Gasteiger partial charge in [0, 0.05) is 32.3 Å². The highest BCUT2D eigenvalue weighted by molar-refractivity contribution is 7.17. The van der Waals surface area contributed by atoms with E-state index in [0.29, 0.717) is 63.3 Å². The largest absolute Gasteiger partial charge is 0.462 e.